The summed E-state index contributed by atoms with van der Waals surface area (Å²) in [4.78, 5) is 10.3. The number of nitrogens with zero attached hydrogens (tertiary/aromatic N) is 2. The molecular weight excluding hydrogens is 592 g/mol. The molecule has 0 amide bonds. The number of furan rings is 2. The van der Waals surface area contributed by atoms with Gasteiger partial charge in [0.1, 0.15) is 40.6 Å². The number of aliphatic imine (C=N–C) groups is 2. The van der Waals surface area contributed by atoms with Crippen LogP contribution < -0.4 is 10.6 Å². The molecule has 0 fully saturated rings. The van der Waals surface area contributed by atoms with Crippen LogP contribution in [0.2, 0.25) is 0 Å². The molecule has 48 heavy (non-hydrogen) atoms. The Hall–Kier alpha value is -6.40. The number of nitrogens with one attached hydrogen (secondary N) is 2. The van der Waals surface area contributed by atoms with E-state index in [9.17, 15) is 0 Å². The van der Waals surface area contributed by atoms with Crippen molar-refractivity contribution in [3.8, 4) is 11.1 Å². The van der Waals surface area contributed by atoms with E-state index in [4.69, 9.17) is 18.8 Å². The van der Waals surface area contributed by atoms with Crippen LogP contribution in [0.4, 0.5) is 0 Å². The van der Waals surface area contributed by atoms with E-state index in [1.165, 1.54) is 10.8 Å². The lowest BCUT2D eigenvalue weighted by Crippen LogP contribution is -2.41. The minimum absolute atomic E-state index is 0.283. The maximum Gasteiger partial charge on any atom is 0.159 e. The summed E-state index contributed by atoms with van der Waals surface area (Å²) >= 11 is 0. The van der Waals surface area contributed by atoms with Gasteiger partial charge in [0, 0.05) is 39.0 Å². The Morgan fingerprint density at radius 2 is 1.38 bits per heavy atom. The zero-order valence-electron chi connectivity index (χ0n) is 25.7. The van der Waals surface area contributed by atoms with Gasteiger partial charge in [-0.05, 0) is 52.2 Å². The van der Waals surface area contributed by atoms with Crippen LogP contribution in [0.25, 0.3) is 60.9 Å². The Morgan fingerprint density at radius 1 is 0.583 bits per heavy atom. The van der Waals surface area contributed by atoms with Crippen LogP contribution in [0.1, 0.15) is 34.7 Å². The SMILES string of the molecule is C1=Cc2oc3cc(-c4ccc5ccccc5c4)ccc3c2C(C2=NC(c3ccccc3)=NC(c3cccc4oc5ccccc5c34)N2)N1. The highest BCUT2D eigenvalue weighted by Crippen LogP contribution is 2.40. The fourth-order valence-corrected chi connectivity index (χ4v) is 7.15. The molecule has 10 rings (SSSR count). The zero-order valence-corrected chi connectivity index (χ0v) is 25.7. The number of fused-ring (bicyclic) bond motifs is 7. The Kier molecular flexibility index (Phi) is 5.90. The standard InChI is InChI=1S/C42H28N4O2/c1-2-10-26(11-3-1)40-44-41(32-14-8-16-34-37(32)30-13-6-7-15-33(30)47-34)46-42(45-40)39-38-31-20-19-29(24-36(31)48-35(38)21-22-43-39)28-18-17-25-9-4-5-12-27(25)23-28/h1-24,39,41,43H,(H,44,45,46). The second-order valence-electron chi connectivity index (χ2n) is 12.3. The third-order valence-electron chi connectivity index (χ3n) is 9.42. The first-order valence-electron chi connectivity index (χ1n) is 16.1. The monoisotopic (exact) mass is 620 g/mol. The summed E-state index contributed by atoms with van der Waals surface area (Å²) in [6.07, 6.45) is 3.54. The molecule has 228 valence electrons. The summed E-state index contributed by atoms with van der Waals surface area (Å²) < 4.78 is 12.8. The lowest BCUT2D eigenvalue weighted by Gasteiger charge is -2.29. The maximum atomic E-state index is 6.53. The highest BCUT2D eigenvalue weighted by Gasteiger charge is 2.33. The molecule has 8 aromatic rings. The van der Waals surface area contributed by atoms with Gasteiger partial charge in [0.05, 0.1) is 0 Å². The van der Waals surface area contributed by atoms with E-state index >= 15 is 0 Å². The third-order valence-corrected chi connectivity index (χ3v) is 9.42. The van der Waals surface area contributed by atoms with Gasteiger partial charge >= 0.3 is 0 Å². The second-order valence-corrected chi connectivity index (χ2v) is 12.3. The van der Waals surface area contributed by atoms with Crippen LogP contribution in [0.15, 0.2) is 158 Å². The van der Waals surface area contributed by atoms with Crippen LogP contribution >= 0.6 is 0 Å². The average molecular weight is 621 g/mol. The Balaban J connectivity index is 1.09. The fraction of sp³-hybridized carbons (Fsp3) is 0.0476. The van der Waals surface area contributed by atoms with Crippen LogP contribution in [-0.4, -0.2) is 11.7 Å². The average Bonchev–Trinajstić information content (AvgIpc) is 3.73. The summed E-state index contributed by atoms with van der Waals surface area (Å²) in [5.41, 5.74) is 7.82. The van der Waals surface area contributed by atoms with Crippen molar-refractivity contribution in [1.29, 1.82) is 0 Å². The van der Waals surface area contributed by atoms with Gasteiger partial charge in [-0.15, -0.1) is 0 Å². The van der Waals surface area contributed by atoms with Crippen LogP contribution in [0.5, 0.6) is 0 Å². The summed E-state index contributed by atoms with van der Waals surface area (Å²) in [5, 5.41) is 12.9. The van der Waals surface area contributed by atoms with E-state index < -0.39 is 6.17 Å². The van der Waals surface area contributed by atoms with Crippen molar-refractivity contribution in [2.45, 2.75) is 12.2 Å². The van der Waals surface area contributed by atoms with Gasteiger partial charge in [0.25, 0.3) is 0 Å². The van der Waals surface area contributed by atoms with Crippen molar-refractivity contribution in [1.82, 2.24) is 10.6 Å². The molecule has 0 aliphatic carbocycles. The number of hydrogen-bond acceptors (Lipinski definition) is 6. The van der Waals surface area contributed by atoms with Crippen LogP contribution in [0, 0.1) is 0 Å². The molecule has 2 aromatic heterocycles. The van der Waals surface area contributed by atoms with E-state index in [1.807, 2.05) is 60.8 Å². The Morgan fingerprint density at radius 3 is 2.31 bits per heavy atom. The van der Waals surface area contributed by atoms with Gasteiger partial charge in [-0.25, -0.2) is 9.98 Å². The Labute approximate surface area is 275 Å². The molecule has 0 spiro atoms. The molecule has 0 saturated carbocycles. The summed E-state index contributed by atoms with van der Waals surface area (Å²) in [5.74, 6) is 2.26. The van der Waals surface area contributed by atoms with Crippen molar-refractivity contribution >= 4 is 61.4 Å². The quantitative estimate of drug-likeness (QED) is 0.205. The van der Waals surface area contributed by atoms with Crippen molar-refractivity contribution in [2.75, 3.05) is 0 Å². The van der Waals surface area contributed by atoms with E-state index in [0.29, 0.717) is 5.84 Å². The van der Waals surface area contributed by atoms with Gasteiger partial charge < -0.3 is 19.5 Å². The third kappa shape index (κ3) is 4.27. The predicted molar refractivity (Wildman–Crippen MR) is 194 cm³/mol. The smallest absolute Gasteiger partial charge is 0.159 e. The van der Waals surface area contributed by atoms with Crippen molar-refractivity contribution in [3.63, 3.8) is 0 Å². The molecule has 6 nitrogen and oxygen atoms in total. The molecule has 2 aliphatic heterocycles. The highest BCUT2D eigenvalue weighted by molar-refractivity contribution is 6.12. The first-order valence-corrected chi connectivity index (χ1v) is 16.1. The summed E-state index contributed by atoms with van der Waals surface area (Å²) in [6.45, 7) is 0. The summed E-state index contributed by atoms with van der Waals surface area (Å²) in [6, 6.07) is 45.7. The molecular formula is C42H28N4O2. The van der Waals surface area contributed by atoms with Crippen LogP contribution in [-0.2, 0) is 0 Å². The van der Waals surface area contributed by atoms with E-state index in [-0.39, 0.29) is 6.04 Å². The van der Waals surface area contributed by atoms with E-state index in [0.717, 1.165) is 72.3 Å². The molecule has 0 saturated heterocycles. The number of rotatable bonds is 4. The van der Waals surface area contributed by atoms with Crippen LogP contribution in [0.3, 0.4) is 0 Å². The molecule has 0 bridgehead atoms. The van der Waals surface area contributed by atoms with Gasteiger partial charge in [0.15, 0.2) is 5.84 Å². The molecule has 6 aromatic carbocycles. The maximum absolute atomic E-state index is 6.53. The lowest BCUT2D eigenvalue weighted by molar-refractivity contribution is 0.580. The second kappa shape index (κ2) is 10.6. The number of benzene rings is 6. The first-order chi connectivity index (χ1) is 23.8. The predicted octanol–water partition coefficient (Wildman–Crippen LogP) is 9.91. The lowest BCUT2D eigenvalue weighted by atomic mass is 9.96. The fourth-order valence-electron chi connectivity index (χ4n) is 7.15. The largest absolute Gasteiger partial charge is 0.456 e. The van der Waals surface area contributed by atoms with E-state index in [1.54, 1.807) is 0 Å². The van der Waals surface area contributed by atoms with Gasteiger partial charge in [-0.1, -0.05) is 109 Å². The number of amidine groups is 2. The minimum Gasteiger partial charge on any atom is -0.456 e. The molecule has 6 heteroatoms. The van der Waals surface area contributed by atoms with Gasteiger partial charge in [-0.2, -0.15) is 0 Å². The number of para-hydroxylation sites is 1. The number of hydrogen-bond donors (Lipinski definition) is 2. The minimum atomic E-state index is -0.397. The molecule has 2 atom stereocenters. The highest BCUT2D eigenvalue weighted by atomic mass is 16.3. The zero-order chi connectivity index (χ0) is 31.6. The summed E-state index contributed by atoms with van der Waals surface area (Å²) in [7, 11) is 0. The molecule has 2 unspecified atom stereocenters. The normalized spacial score (nSPS) is 17.2. The van der Waals surface area contributed by atoms with Crippen molar-refractivity contribution in [2.24, 2.45) is 9.98 Å². The topological polar surface area (TPSA) is 75.1 Å². The Bertz CT molecular complexity index is 2640. The molecule has 0 radical (unpaired) electrons. The van der Waals surface area contributed by atoms with Crippen molar-refractivity contribution in [3.05, 3.63) is 162 Å². The van der Waals surface area contributed by atoms with Crippen molar-refractivity contribution < 1.29 is 8.83 Å². The van der Waals surface area contributed by atoms with Gasteiger partial charge in [-0.3, -0.25) is 0 Å². The van der Waals surface area contributed by atoms with Gasteiger partial charge in [0.2, 0.25) is 0 Å². The first kappa shape index (κ1) is 26.8. The van der Waals surface area contributed by atoms with E-state index in [2.05, 4.69) is 95.6 Å². The molecule has 2 N–H and O–H groups in total. The molecule has 4 heterocycles. The molecule has 2 aliphatic rings.